The maximum Gasteiger partial charge on any atom is 0.246 e. The second-order valence-corrected chi connectivity index (χ2v) is 6.24. The van der Waals surface area contributed by atoms with Crippen LogP contribution in [0.5, 0.6) is 0 Å². The number of hydrogen-bond donors (Lipinski definition) is 2. The molecule has 0 aliphatic carbocycles. The zero-order chi connectivity index (χ0) is 14.0. The number of H-pyrrole nitrogens is 1. The minimum absolute atomic E-state index is 0.0486. The van der Waals surface area contributed by atoms with Crippen molar-refractivity contribution < 1.29 is 8.42 Å². The highest BCUT2D eigenvalue weighted by atomic mass is 35.5. The predicted octanol–water partition coefficient (Wildman–Crippen LogP) is 0.861. The standard InChI is InChI=1S/C10H12ClN5O2S/c1-16(5-9-13-6-14-15-9)19(17,18)10-7(11)3-2-4-8(10)12/h2-4,6H,5,12H2,1H3,(H,13,14,15). The fourth-order valence-electron chi connectivity index (χ4n) is 1.56. The Balaban J connectivity index is 2.37. The van der Waals surface area contributed by atoms with Gasteiger partial charge >= 0.3 is 0 Å². The number of nitrogens with zero attached hydrogens (tertiary/aromatic N) is 3. The SMILES string of the molecule is CN(Cc1ncn[nH]1)S(=O)(=O)c1c(N)cccc1Cl. The van der Waals surface area contributed by atoms with Crippen molar-refractivity contribution in [1.29, 1.82) is 0 Å². The second kappa shape index (κ2) is 5.16. The maximum atomic E-state index is 12.4. The van der Waals surface area contributed by atoms with Gasteiger partial charge in [-0.3, -0.25) is 5.10 Å². The molecule has 9 heteroatoms. The molecule has 2 aromatic rings. The van der Waals surface area contributed by atoms with E-state index in [1.807, 2.05) is 0 Å². The van der Waals surface area contributed by atoms with E-state index >= 15 is 0 Å². The molecule has 1 aromatic carbocycles. The van der Waals surface area contributed by atoms with Gasteiger partial charge in [0.05, 0.1) is 17.3 Å². The van der Waals surface area contributed by atoms with Crippen LogP contribution >= 0.6 is 11.6 Å². The molecule has 0 amide bonds. The minimum Gasteiger partial charge on any atom is -0.398 e. The van der Waals surface area contributed by atoms with E-state index in [2.05, 4.69) is 15.2 Å². The smallest absolute Gasteiger partial charge is 0.246 e. The van der Waals surface area contributed by atoms with Crippen LogP contribution in [0, 0.1) is 0 Å². The van der Waals surface area contributed by atoms with Crippen molar-refractivity contribution in [1.82, 2.24) is 19.5 Å². The van der Waals surface area contributed by atoms with Crippen LogP contribution in [-0.2, 0) is 16.6 Å². The number of benzene rings is 1. The molecule has 2 rings (SSSR count). The topological polar surface area (TPSA) is 105 Å². The highest BCUT2D eigenvalue weighted by Gasteiger charge is 2.26. The monoisotopic (exact) mass is 301 g/mol. The van der Waals surface area contributed by atoms with E-state index < -0.39 is 10.0 Å². The van der Waals surface area contributed by atoms with Crippen molar-refractivity contribution in [3.05, 3.63) is 35.4 Å². The van der Waals surface area contributed by atoms with E-state index in [0.29, 0.717) is 5.82 Å². The number of anilines is 1. The summed E-state index contributed by atoms with van der Waals surface area (Å²) < 4.78 is 25.9. The summed E-state index contributed by atoms with van der Waals surface area (Å²) in [5, 5.41) is 6.33. The summed E-state index contributed by atoms with van der Waals surface area (Å²) in [6.07, 6.45) is 1.31. The van der Waals surface area contributed by atoms with Crippen molar-refractivity contribution >= 4 is 27.3 Å². The van der Waals surface area contributed by atoms with Crippen LogP contribution in [0.1, 0.15) is 5.82 Å². The second-order valence-electron chi connectivity index (χ2n) is 3.85. The van der Waals surface area contributed by atoms with Crippen molar-refractivity contribution in [2.75, 3.05) is 12.8 Å². The molecule has 0 aliphatic rings. The summed E-state index contributed by atoms with van der Waals surface area (Å²) in [6.45, 7) is 0.0486. The van der Waals surface area contributed by atoms with Gasteiger partial charge < -0.3 is 5.73 Å². The van der Waals surface area contributed by atoms with Crippen molar-refractivity contribution in [3.63, 3.8) is 0 Å². The van der Waals surface area contributed by atoms with Gasteiger partial charge in [0.2, 0.25) is 10.0 Å². The Morgan fingerprint density at radius 2 is 2.21 bits per heavy atom. The number of hydrogen-bond acceptors (Lipinski definition) is 5. The van der Waals surface area contributed by atoms with Gasteiger partial charge in [-0.1, -0.05) is 17.7 Å². The number of aromatic amines is 1. The molecular formula is C10H12ClN5O2S. The summed E-state index contributed by atoms with van der Waals surface area (Å²) in [5.74, 6) is 0.428. The largest absolute Gasteiger partial charge is 0.398 e. The molecule has 0 aliphatic heterocycles. The van der Waals surface area contributed by atoms with Gasteiger partial charge in [-0.25, -0.2) is 13.4 Å². The van der Waals surface area contributed by atoms with Gasteiger partial charge in [-0.15, -0.1) is 0 Å². The quantitative estimate of drug-likeness (QED) is 0.815. The molecule has 1 aromatic heterocycles. The van der Waals surface area contributed by atoms with Gasteiger partial charge in [0.1, 0.15) is 17.0 Å². The van der Waals surface area contributed by atoms with E-state index in [4.69, 9.17) is 17.3 Å². The Bertz CT molecular complexity index is 651. The van der Waals surface area contributed by atoms with E-state index in [1.165, 1.54) is 25.5 Å². The fourth-order valence-corrected chi connectivity index (χ4v) is 3.32. The summed E-state index contributed by atoms with van der Waals surface area (Å²) in [6, 6.07) is 4.56. The number of halogens is 1. The van der Waals surface area contributed by atoms with Gasteiger partial charge in [-0.05, 0) is 12.1 Å². The molecule has 19 heavy (non-hydrogen) atoms. The highest BCUT2D eigenvalue weighted by Crippen LogP contribution is 2.29. The Morgan fingerprint density at radius 3 is 2.79 bits per heavy atom. The zero-order valence-electron chi connectivity index (χ0n) is 10.0. The first-order chi connectivity index (χ1) is 8.93. The Labute approximate surface area is 115 Å². The van der Waals surface area contributed by atoms with Crippen molar-refractivity contribution in [3.8, 4) is 0 Å². The van der Waals surface area contributed by atoms with Gasteiger partial charge in [0.25, 0.3) is 0 Å². The van der Waals surface area contributed by atoms with Crippen LogP contribution in [0.15, 0.2) is 29.4 Å². The lowest BCUT2D eigenvalue weighted by molar-refractivity contribution is 0.457. The predicted molar refractivity (Wildman–Crippen MR) is 70.9 cm³/mol. The number of nitrogens with one attached hydrogen (secondary N) is 1. The van der Waals surface area contributed by atoms with Gasteiger partial charge in [0.15, 0.2) is 0 Å². The number of nitrogens with two attached hydrogens (primary N) is 1. The lowest BCUT2D eigenvalue weighted by atomic mass is 10.3. The first kappa shape index (κ1) is 13.8. The third-order valence-electron chi connectivity index (χ3n) is 2.50. The Morgan fingerprint density at radius 1 is 1.47 bits per heavy atom. The van der Waals surface area contributed by atoms with E-state index in [9.17, 15) is 8.42 Å². The van der Waals surface area contributed by atoms with E-state index in [0.717, 1.165) is 4.31 Å². The van der Waals surface area contributed by atoms with Crippen LogP contribution < -0.4 is 5.73 Å². The molecule has 0 unspecified atom stereocenters. The molecule has 3 N–H and O–H groups in total. The van der Waals surface area contributed by atoms with Crippen LogP contribution in [0.4, 0.5) is 5.69 Å². The van der Waals surface area contributed by atoms with Crippen LogP contribution in [-0.4, -0.2) is 35.0 Å². The van der Waals surface area contributed by atoms with Gasteiger partial charge in [-0.2, -0.15) is 9.40 Å². The Hall–Kier alpha value is -1.64. The molecular weight excluding hydrogens is 290 g/mol. The number of sulfonamides is 1. The first-order valence-corrected chi connectivity index (χ1v) is 7.09. The van der Waals surface area contributed by atoms with Crippen LogP contribution in [0.2, 0.25) is 5.02 Å². The van der Waals surface area contributed by atoms with Crippen LogP contribution in [0.25, 0.3) is 0 Å². The average Bonchev–Trinajstić information content (AvgIpc) is 2.81. The normalized spacial score (nSPS) is 11.9. The van der Waals surface area contributed by atoms with Crippen molar-refractivity contribution in [2.24, 2.45) is 0 Å². The molecule has 102 valence electrons. The molecule has 0 fully saturated rings. The number of aromatic nitrogens is 3. The molecule has 1 heterocycles. The summed E-state index contributed by atoms with van der Waals surface area (Å²) in [5.41, 5.74) is 5.80. The lowest BCUT2D eigenvalue weighted by Gasteiger charge is -2.17. The van der Waals surface area contributed by atoms with Gasteiger partial charge in [0, 0.05) is 7.05 Å². The highest BCUT2D eigenvalue weighted by molar-refractivity contribution is 7.89. The minimum atomic E-state index is -3.79. The molecule has 0 spiro atoms. The molecule has 0 atom stereocenters. The molecule has 0 saturated carbocycles. The van der Waals surface area contributed by atoms with Crippen molar-refractivity contribution in [2.45, 2.75) is 11.4 Å². The van der Waals surface area contributed by atoms with E-state index in [1.54, 1.807) is 6.07 Å². The summed E-state index contributed by atoms with van der Waals surface area (Å²) in [4.78, 5) is 3.77. The molecule has 0 bridgehead atoms. The molecule has 0 saturated heterocycles. The molecule has 0 radical (unpaired) electrons. The summed E-state index contributed by atoms with van der Waals surface area (Å²) in [7, 11) is -2.37. The first-order valence-electron chi connectivity index (χ1n) is 5.27. The van der Waals surface area contributed by atoms with Crippen LogP contribution in [0.3, 0.4) is 0 Å². The molecule has 7 nitrogen and oxygen atoms in total. The summed E-state index contributed by atoms with van der Waals surface area (Å²) >= 11 is 5.92. The fraction of sp³-hybridized carbons (Fsp3) is 0.200. The van der Waals surface area contributed by atoms with E-state index in [-0.39, 0.29) is 22.2 Å². The number of rotatable bonds is 4. The lowest BCUT2D eigenvalue weighted by Crippen LogP contribution is -2.28. The zero-order valence-corrected chi connectivity index (χ0v) is 11.6. The number of nitrogen functional groups attached to an aromatic ring is 1. The Kier molecular flexibility index (Phi) is 3.74. The average molecular weight is 302 g/mol. The third kappa shape index (κ3) is 2.70. The maximum absolute atomic E-state index is 12.4. The third-order valence-corrected chi connectivity index (χ3v) is 4.85.